The van der Waals surface area contributed by atoms with Gasteiger partial charge in [-0.25, -0.2) is 0 Å². The van der Waals surface area contributed by atoms with Crippen LogP contribution < -0.4 is 9.13 Å². The van der Waals surface area contributed by atoms with E-state index in [0.717, 1.165) is 19.4 Å². The first kappa shape index (κ1) is 26.2. The minimum Gasteiger partial charge on any atom is -0.196 e. The Morgan fingerprint density at radius 1 is 0.600 bits per heavy atom. The van der Waals surface area contributed by atoms with E-state index < -0.39 is 0 Å². The number of nitrogens with zero attached hydrogens (tertiary/aromatic N) is 2. The fraction of sp³-hybridized carbons (Fsp3) is 0.263. The van der Waals surface area contributed by atoms with E-state index in [0.29, 0.717) is 0 Å². The van der Waals surface area contributed by atoms with Gasteiger partial charge in [-0.15, -0.1) is 0 Å². The molecule has 6 rings (SSSR count). The van der Waals surface area contributed by atoms with Crippen LogP contribution >= 0.6 is 0 Å². The lowest BCUT2D eigenvalue weighted by atomic mass is 9.59. The first-order valence-corrected chi connectivity index (χ1v) is 14.7. The summed E-state index contributed by atoms with van der Waals surface area (Å²) < 4.78 is 5.20. The Morgan fingerprint density at radius 2 is 1.30 bits per heavy atom. The Morgan fingerprint density at radius 3 is 2.02 bits per heavy atom. The number of hydrogen-bond donors (Lipinski definition) is 0. The second kappa shape index (κ2) is 10.2. The van der Waals surface area contributed by atoms with Crippen molar-refractivity contribution in [1.29, 1.82) is 0 Å². The molecular weight excluding hydrogens is 484 g/mol. The zero-order valence-electron chi connectivity index (χ0n) is 24.5. The molecule has 1 aliphatic rings. The average molecular weight is 525 g/mol. The van der Waals surface area contributed by atoms with E-state index in [2.05, 4.69) is 159 Å². The molecule has 0 N–H and O–H groups in total. The quantitative estimate of drug-likeness (QED) is 0.197. The number of rotatable bonds is 6. The Kier molecular flexibility index (Phi) is 6.66. The number of benzene rings is 3. The molecule has 200 valence electrons. The molecule has 2 atom stereocenters. The van der Waals surface area contributed by atoms with Gasteiger partial charge in [-0.2, -0.15) is 9.13 Å². The molecule has 3 heterocycles. The van der Waals surface area contributed by atoms with Crippen LogP contribution in [0.3, 0.4) is 0 Å². The predicted octanol–water partition coefficient (Wildman–Crippen LogP) is 8.37. The fourth-order valence-electron chi connectivity index (χ4n) is 7.42. The molecule has 0 amide bonds. The number of aryl methyl sites for hydroxylation is 2. The van der Waals surface area contributed by atoms with E-state index in [1.807, 2.05) is 0 Å². The highest BCUT2D eigenvalue weighted by molar-refractivity contribution is 5.67. The van der Waals surface area contributed by atoms with Crippen LogP contribution in [-0.4, -0.2) is 0 Å². The average Bonchev–Trinajstić information content (AvgIpc) is 3.00. The van der Waals surface area contributed by atoms with Crippen LogP contribution in [0.25, 0.3) is 33.6 Å². The minimum absolute atomic E-state index is 0.116. The standard InChI is InChI=1S/C38H40N2/c1-6-37(5)38(7-2,34-22-14-13-21-33(34)36-23-15-17-29(4)40(36)37)27-39-26-31(30-18-9-8-10-19-30)24-25-35(39)32-20-12-11-16-28(32)3/h8-26H,6-7,27H2,1-5H3/q+2. The summed E-state index contributed by atoms with van der Waals surface area (Å²) in [5.41, 5.74) is 11.6. The summed E-state index contributed by atoms with van der Waals surface area (Å²) in [5.74, 6) is 0. The van der Waals surface area contributed by atoms with E-state index in [1.165, 1.54) is 50.5 Å². The molecule has 40 heavy (non-hydrogen) atoms. The van der Waals surface area contributed by atoms with Crippen molar-refractivity contribution in [3.8, 4) is 33.6 Å². The SMILES string of the molecule is CCC1(C[n+]2cc(-c3ccccc3)ccc2-c2ccccc2C)c2ccccc2-c2cccc(C)[n+]2C1(C)CC. The van der Waals surface area contributed by atoms with Crippen molar-refractivity contribution in [3.05, 3.63) is 132 Å². The number of aromatic nitrogens is 2. The van der Waals surface area contributed by atoms with Crippen LogP contribution in [0.1, 0.15) is 50.4 Å². The molecule has 2 unspecified atom stereocenters. The van der Waals surface area contributed by atoms with Crippen molar-refractivity contribution in [3.63, 3.8) is 0 Å². The Bertz CT molecular complexity index is 1690. The van der Waals surface area contributed by atoms with Gasteiger partial charge < -0.3 is 0 Å². The highest BCUT2D eigenvalue weighted by atomic mass is 15.1. The monoisotopic (exact) mass is 524 g/mol. The van der Waals surface area contributed by atoms with Crippen LogP contribution in [0.2, 0.25) is 0 Å². The molecule has 1 aliphatic heterocycles. The van der Waals surface area contributed by atoms with Crippen LogP contribution in [0.5, 0.6) is 0 Å². The van der Waals surface area contributed by atoms with Gasteiger partial charge in [0.25, 0.3) is 0 Å². The van der Waals surface area contributed by atoms with Crippen molar-refractivity contribution < 1.29 is 9.13 Å². The van der Waals surface area contributed by atoms with E-state index >= 15 is 0 Å². The van der Waals surface area contributed by atoms with Crippen LogP contribution in [-0.2, 0) is 17.5 Å². The van der Waals surface area contributed by atoms with E-state index in [9.17, 15) is 0 Å². The Hall–Kier alpha value is -4.04. The molecule has 0 saturated carbocycles. The lowest BCUT2D eigenvalue weighted by Gasteiger charge is -2.46. The van der Waals surface area contributed by atoms with Crippen molar-refractivity contribution in [2.24, 2.45) is 0 Å². The molecule has 0 fully saturated rings. The molecule has 2 nitrogen and oxygen atoms in total. The molecule has 2 heteroatoms. The Balaban J connectivity index is 1.64. The van der Waals surface area contributed by atoms with Crippen molar-refractivity contribution in [1.82, 2.24) is 0 Å². The first-order chi connectivity index (χ1) is 19.4. The lowest BCUT2D eigenvalue weighted by Crippen LogP contribution is -2.72. The summed E-state index contributed by atoms with van der Waals surface area (Å²) in [5, 5.41) is 0. The third-order valence-corrected chi connectivity index (χ3v) is 9.71. The number of hydrogen-bond acceptors (Lipinski definition) is 0. The second-order valence-corrected chi connectivity index (χ2v) is 11.6. The third-order valence-electron chi connectivity index (χ3n) is 9.71. The largest absolute Gasteiger partial charge is 0.213 e. The van der Waals surface area contributed by atoms with E-state index in [4.69, 9.17) is 0 Å². The molecular formula is C38H40N2+2. The molecule has 2 aromatic heterocycles. The van der Waals surface area contributed by atoms with Gasteiger partial charge in [0.05, 0.1) is 5.56 Å². The van der Waals surface area contributed by atoms with E-state index in [1.54, 1.807) is 0 Å². The zero-order chi connectivity index (χ0) is 27.9. The van der Waals surface area contributed by atoms with Gasteiger partial charge in [-0.1, -0.05) is 80.6 Å². The number of pyridine rings is 2. The van der Waals surface area contributed by atoms with Crippen LogP contribution in [0.15, 0.2) is 115 Å². The molecule has 0 bridgehead atoms. The van der Waals surface area contributed by atoms with Gasteiger partial charge in [-0.05, 0) is 54.3 Å². The molecule has 3 aromatic carbocycles. The molecule has 0 saturated heterocycles. The molecule has 5 aromatic rings. The molecule has 0 spiro atoms. The first-order valence-electron chi connectivity index (χ1n) is 14.7. The van der Waals surface area contributed by atoms with Gasteiger partial charge >= 0.3 is 0 Å². The smallest absolute Gasteiger partial charge is 0.196 e. The summed E-state index contributed by atoms with van der Waals surface area (Å²) in [6.07, 6.45) is 4.46. The Labute approximate surface area is 239 Å². The van der Waals surface area contributed by atoms with Crippen molar-refractivity contribution >= 4 is 0 Å². The normalized spacial score (nSPS) is 19.6. The number of fused-ring (bicyclic) bond motifs is 3. The van der Waals surface area contributed by atoms with Crippen LogP contribution in [0.4, 0.5) is 0 Å². The molecule has 0 aliphatic carbocycles. The van der Waals surface area contributed by atoms with Gasteiger partial charge in [-0.3, -0.25) is 0 Å². The fourth-order valence-corrected chi connectivity index (χ4v) is 7.42. The van der Waals surface area contributed by atoms with Crippen molar-refractivity contribution in [2.45, 2.75) is 65.0 Å². The van der Waals surface area contributed by atoms with Gasteiger partial charge in [0.1, 0.15) is 5.41 Å². The summed E-state index contributed by atoms with van der Waals surface area (Å²) >= 11 is 0. The highest BCUT2D eigenvalue weighted by Crippen LogP contribution is 2.50. The highest BCUT2D eigenvalue weighted by Gasteiger charge is 2.62. The third kappa shape index (κ3) is 3.92. The van der Waals surface area contributed by atoms with Gasteiger partial charge in [0.15, 0.2) is 24.0 Å². The maximum Gasteiger partial charge on any atom is 0.213 e. The van der Waals surface area contributed by atoms with E-state index in [-0.39, 0.29) is 11.0 Å². The molecule has 0 radical (unpaired) electrons. The zero-order valence-corrected chi connectivity index (χ0v) is 24.5. The maximum atomic E-state index is 2.65. The summed E-state index contributed by atoms with van der Waals surface area (Å²) in [7, 11) is 0. The minimum atomic E-state index is -0.125. The predicted molar refractivity (Wildman–Crippen MR) is 165 cm³/mol. The lowest BCUT2D eigenvalue weighted by molar-refractivity contribution is -0.788. The van der Waals surface area contributed by atoms with Gasteiger partial charge in [0, 0.05) is 49.6 Å². The second-order valence-electron chi connectivity index (χ2n) is 11.6. The summed E-state index contributed by atoms with van der Waals surface area (Å²) in [6.45, 7) is 12.6. The maximum absolute atomic E-state index is 2.65. The topological polar surface area (TPSA) is 7.76 Å². The summed E-state index contributed by atoms with van der Waals surface area (Å²) in [6, 6.07) is 40.1. The van der Waals surface area contributed by atoms with Crippen molar-refractivity contribution in [2.75, 3.05) is 0 Å². The van der Waals surface area contributed by atoms with Gasteiger partial charge in [0.2, 0.25) is 11.4 Å². The summed E-state index contributed by atoms with van der Waals surface area (Å²) in [4.78, 5) is 0. The van der Waals surface area contributed by atoms with Crippen LogP contribution in [0, 0.1) is 13.8 Å².